The highest BCUT2D eigenvalue weighted by Crippen LogP contribution is 2.30. The number of thiazole rings is 1. The van der Waals surface area contributed by atoms with Crippen molar-refractivity contribution in [1.82, 2.24) is 20.1 Å². The van der Waals surface area contributed by atoms with Crippen molar-refractivity contribution in [1.29, 1.82) is 0 Å². The first kappa shape index (κ1) is 14.5. The van der Waals surface area contributed by atoms with Crippen LogP contribution in [0.15, 0.2) is 9.64 Å². The smallest absolute Gasteiger partial charge is 0.277 e. The average Bonchev–Trinajstić information content (AvgIpc) is 3.16. The van der Waals surface area contributed by atoms with E-state index in [9.17, 15) is 4.79 Å². The number of hydrogen-bond donors (Lipinski definition) is 0. The van der Waals surface area contributed by atoms with Crippen LogP contribution in [0, 0.1) is 13.8 Å². The minimum absolute atomic E-state index is 0.141. The van der Waals surface area contributed by atoms with Crippen LogP contribution in [0.5, 0.6) is 0 Å². The summed E-state index contributed by atoms with van der Waals surface area (Å²) in [6.45, 7) is 5.61. The van der Waals surface area contributed by atoms with Gasteiger partial charge in [-0.2, -0.15) is 0 Å². The minimum Gasteiger partial charge on any atom is -0.410 e. The summed E-state index contributed by atoms with van der Waals surface area (Å²) in [5, 5.41) is 9.44. The van der Waals surface area contributed by atoms with Crippen molar-refractivity contribution in [2.75, 3.05) is 18.8 Å². The van der Waals surface area contributed by atoms with Crippen LogP contribution < -0.4 is 0 Å². The van der Waals surface area contributed by atoms with Gasteiger partial charge in [0.2, 0.25) is 5.91 Å². The summed E-state index contributed by atoms with van der Waals surface area (Å²) < 4.78 is 5.62. The maximum absolute atomic E-state index is 12.0. The van der Waals surface area contributed by atoms with Gasteiger partial charge in [-0.15, -0.1) is 21.5 Å². The van der Waals surface area contributed by atoms with E-state index < -0.39 is 0 Å². The molecule has 2 aromatic rings. The zero-order valence-corrected chi connectivity index (χ0v) is 13.6. The van der Waals surface area contributed by atoms with E-state index in [1.165, 1.54) is 23.1 Å². The molecule has 3 rings (SSSR count). The van der Waals surface area contributed by atoms with E-state index in [1.807, 2.05) is 18.7 Å². The highest BCUT2D eigenvalue weighted by Gasteiger charge is 2.20. The first-order chi connectivity index (χ1) is 10.1. The number of rotatable bonds is 4. The first-order valence-corrected chi connectivity index (χ1v) is 8.62. The molecule has 1 aliphatic heterocycles. The molecule has 0 aromatic carbocycles. The zero-order valence-electron chi connectivity index (χ0n) is 12.0. The van der Waals surface area contributed by atoms with Crippen LogP contribution in [0.3, 0.4) is 0 Å². The molecular formula is C13H16N4O2S2. The number of aromatic nitrogens is 3. The molecule has 0 unspecified atom stereocenters. The van der Waals surface area contributed by atoms with Crippen molar-refractivity contribution in [2.24, 2.45) is 0 Å². The number of carbonyl (C=O) groups is 1. The molecule has 0 spiro atoms. The Labute approximate surface area is 131 Å². The summed E-state index contributed by atoms with van der Waals surface area (Å²) in [5.41, 5.74) is 0.894. The molecule has 0 saturated carbocycles. The second-order valence-electron chi connectivity index (χ2n) is 4.90. The normalized spacial score (nSPS) is 14.9. The second kappa shape index (κ2) is 6.15. The molecule has 8 heteroatoms. The number of aryl methyl sites for hydroxylation is 2. The highest BCUT2D eigenvalue weighted by molar-refractivity contribution is 7.99. The SMILES string of the molecule is Cc1nc(C)c(-c2nnc(SCC(=O)N3CCCC3)o2)s1. The number of thioether (sulfide) groups is 1. The zero-order chi connectivity index (χ0) is 14.8. The van der Waals surface area contributed by atoms with Gasteiger partial charge < -0.3 is 9.32 Å². The second-order valence-corrected chi connectivity index (χ2v) is 7.03. The number of nitrogens with zero attached hydrogens (tertiary/aromatic N) is 4. The van der Waals surface area contributed by atoms with Crippen LogP contribution in [0.1, 0.15) is 23.5 Å². The van der Waals surface area contributed by atoms with Gasteiger partial charge in [0.15, 0.2) is 0 Å². The summed E-state index contributed by atoms with van der Waals surface area (Å²) in [5.74, 6) is 0.971. The van der Waals surface area contributed by atoms with Gasteiger partial charge in [-0.05, 0) is 26.7 Å². The van der Waals surface area contributed by atoms with Gasteiger partial charge in [0.1, 0.15) is 4.88 Å². The molecule has 1 aliphatic rings. The number of likely N-dealkylation sites (tertiary alicyclic amines) is 1. The van der Waals surface area contributed by atoms with Gasteiger partial charge in [-0.1, -0.05) is 11.8 Å². The fourth-order valence-corrected chi connectivity index (χ4v) is 3.78. The average molecular weight is 324 g/mol. The maximum Gasteiger partial charge on any atom is 0.277 e. The van der Waals surface area contributed by atoms with E-state index in [0.717, 1.165) is 41.5 Å². The third-order valence-electron chi connectivity index (χ3n) is 3.28. The molecule has 6 nitrogen and oxygen atoms in total. The predicted octanol–water partition coefficient (Wildman–Crippen LogP) is 2.52. The standard InChI is InChI=1S/C13H16N4O2S2/c1-8-11(21-9(2)14-8)12-15-16-13(19-12)20-7-10(18)17-5-3-4-6-17/h3-7H2,1-2H3. The summed E-state index contributed by atoms with van der Waals surface area (Å²) in [6.07, 6.45) is 2.20. The summed E-state index contributed by atoms with van der Waals surface area (Å²) >= 11 is 2.83. The fraction of sp³-hybridized carbons (Fsp3) is 0.538. The van der Waals surface area contributed by atoms with Gasteiger partial charge in [-0.3, -0.25) is 4.79 Å². The number of amides is 1. The number of hydrogen-bond acceptors (Lipinski definition) is 7. The lowest BCUT2D eigenvalue weighted by Crippen LogP contribution is -2.29. The third kappa shape index (κ3) is 3.26. The predicted molar refractivity (Wildman–Crippen MR) is 81.4 cm³/mol. The van der Waals surface area contributed by atoms with Crippen molar-refractivity contribution in [3.05, 3.63) is 10.7 Å². The lowest BCUT2D eigenvalue weighted by atomic mass is 10.4. The largest absolute Gasteiger partial charge is 0.410 e. The molecule has 1 amide bonds. The van der Waals surface area contributed by atoms with Crippen molar-refractivity contribution >= 4 is 29.0 Å². The van der Waals surface area contributed by atoms with Gasteiger partial charge in [-0.25, -0.2) is 4.98 Å². The molecule has 0 N–H and O–H groups in total. The summed E-state index contributed by atoms with van der Waals surface area (Å²) in [4.78, 5) is 19.1. The van der Waals surface area contributed by atoms with Gasteiger partial charge in [0.25, 0.3) is 11.1 Å². The van der Waals surface area contributed by atoms with Crippen LogP contribution in [-0.4, -0.2) is 44.8 Å². The lowest BCUT2D eigenvalue weighted by molar-refractivity contribution is -0.127. The molecular weight excluding hydrogens is 308 g/mol. The summed E-state index contributed by atoms with van der Waals surface area (Å²) in [6, 6.07) is 0. The quantitative estimate of drug-likeness (QED) is 0.805. The Morgan fingerprint density at radius 1 is 1.33 bits per heavy atom. The Morgan fingerprint density at radius 2 is 2.10 bits per heavy atom. The molecule has 21 heavy (non-hydrogen) atoms. The molecule has 0 aliphatic carbocycles. The Hall–Kier alpha value is -1.41. The van der Waals surface area contributed by atoms with E-state index >= 15 is 0 Å². The summed E-state index contributed by atoms with van der Waals surface area (Å²) in [7, 11) is 0. The van der Waals surface area contributed by atoms with Gasteiger partial charge >= 0.3 is 0 Å². The van der Waals surface area contributed by atoms with E-state index in [4.69, 9.17) is 4.42 Å². The van der Waals surface area contributed by atoms with Crippen molar-refractivity contribution < 1.29 is 9.21 Å². The van der Waals surface area contributed by atoms with Crippen LogP contribution in [0.4, 0.5) is 0 Å². The molecule has 112 valence electrons. The number of carbonyl (C=O) groups excluding carboxylic acids is 1. The van der Waals surface area contributed by atoms with Crippen LogP contribution in [0.2, 0.25) is 0 Å². The van der Waals surface area contributed by atoms with Crippen LogP contribution in [-0.2, 0) is 4.79 Å². The maximum atomic E-state index is 12.0. The molecule has 0 radical (unpaired) electrons. The molecule has 1 fully saturated rings. The van der Waals surface area contributed by atoms with E-state index in [1.54, 1.807) is 0 Å². The van der Waals surface area contributed by atoms with E-state index in [-0.39, 0.29) is 5.91 Å². The molecule has 0 atom stereocenters. The Bertz CT molecular complexity index is 646. The van der Waals surface area contributed by atoms with Gasteiger partial charge in [0.05, 0.1) is 16.5 Å². The monoisotopic (exact) mass is 324 g/mol. The Morgan fingerprint density at radius 3 is 2.76 bits per heavy atom. The van der Waals surface area contributed by atoms with Gasteiger partial charge in [0, 0.05) is 13.1 Å². The van der Waals surface area contributed by atoms with E-state index in [0.29, 0.717) is 16.9 Å². The molecule has 3 heterocycles. The Kier molecular flexibility index (Phi) is 4.25. The topological polar surface area (TPSA) is 72.1 Å². The Balaban J connectivity index is 1.62. The van der Waals surface area contributed by atoms with Crippen molar-refractivity contribution in [2.45, 2.75) is 31.9 Å². The lowest BCUT2D eigenvalue weighted by Gasteiger charge is -2.13. The third-order valence-corrected chi connectivity index (χ3v) is 5.15. The highest BCUT2D eigenvalue weighted by atomic mass is 32.2. The fourth-order valence-electron chi connectivity index (χ4n) is 2.27. The molecule has 1 saturated heterocycles. The van der Waals surface area contributed by atoms with Crippen LogP contribution >= 0.6 is 23.1 Å². The first-order valence-electron chi connectivity index (χ1n) is 6.82. The van der Waals surface area contributed by atoms with E-state index in [2.05, 4.69) is 15.2 Å². The van der Waals surface area contributed by atoms with Crippen LogP contribution in [0.25, 0.3) is 10.8 Å². The van der Waals surface area contributed by atoms with Crippen molar-refractivity contribution in [3.63, 3.8) is 0 Å². The minimum atomic E-state index is 0.141. The molecule has 0 bridgehead atoms. The van der Waals surface area contributed by atoms with Crippen molar-refractivity contribution in [3.8, 4) is 10.8 Å². The molecule has 2 aromatic heterocycles.